The highest BCUT2D eigenvalue weighted by Crippen LogP contribution is 2.20. The first-order valence-electron chi connectivity index (χ1n) is 5.30. The summed E-state index contributed by atoms with van der Waals surface area (Å²) in [6.45, 7) is 3.30. The van der Waals surface area contributed by atoms with Gasteiger partial charge in [0.25, 0.3) is 0 Å². The number of rotatable bonds is 0. The van der Waals surface area contributed by atoms with Crippen LogP contribution in [0.4, 0.5) is 13.2 Å². The molecule has 0 aliphatic carbocycles. The molecular formula is C11H12F3NO3S. The third-order valence-electron chi connectivity index (χ3n) is 2.45. The summed E-state index contributed by atoms with van der Waals surface area (Å²) < 4.78 is 61.2. The molecule has 8 heteroatoms. The molecule has 0 saturated heterocycles. The highest BCUT2D eigenvalue weighted by Gasteiger charge is 2.36. The first-order valence-corrected chi connectivity index (χ1v) is 6.71. The SMILES string of the molecule is CC1=CCC[n+]2ccccc21.O=S(=O)([O-])C(F)(F)F. The molecule has 0 atom stereocenters. The van der Waals surface area contributed by atoms with Crippen molar-refractivity contribution in [3.63, 3.8) is 0 Å². The third kappa shape index (κ3) is 4.32. The van der Waals surface area contributed by atoms with E-state index in [9.17, 15) is 13.2 Å². The number of hydrogen-bond acceptors (Lipinski definition) is 3. The van der Waals surface area contributed by atoms with E-state index in [1.807, 2.05) is 0 Å². The van der Waals surface area contributed by atoms with Crippen LogP contribution in [0.15, 0.2) is 30.5 Å². The Morgan fingerprint density at radius 3 is 2.37 bits per heavy atom. The van der Waals surface area contributed by atoms with Crippen molar-refractivity contribution in [2.24, 2.45) is 0 Å². The number of nitrogens with zero attached hydrogens (tertiary/aromatic N) is 1. The molecule has 1 aliphatic rings. The molecule has 0 radical (unpaired) electrons. The number of aromatic nitrogens is 1. The fourth-order valence-electron chi connectivity index (χ4n) is 1.55. The summed E-state index contributed by atoms with van der Waals surface area (Å²) in [6.07, 6.45) is 5.62. The molecule has 0 aromatic carbocycles. The van der Waals surface area contributed by atoms with Crippen LogP contribution < -0.4 is 4.57 Å². The Hall–Kier alpha value is -1.41. The summed E-state index contributed by atoms with van der Waals surface area (Å²) in [5.41, 5.74) is -2.89. The van der Waals surface area contributed by atoms with Gasteiger partial charge >= 0.3 is 5.51 Å². The summed E-state index contributed by atoms with van der Waals surface area (Å²) >= 11 is 0. The summed E-state index contributed by atoms with van der Waals surface area (Å²) in [5.74, 6) is 0. The van der Waals surface area contributed by atoms with E-state index in [1.165, 1.54) is 17.7 Å². The Bertz CT molecular complexity index is 579. The number of fused-ring (bicyclic) bond motifs is 1. The van der Waals surface area contributed by atoms with E-state index in [2.05, 4.69) is 42.0 Å². The minimum absolute atomic E-state index is 1.13. The van der Waals surface area contributed by atoms with Gasteiger partial charge in [-0.05, 0) is 13.0 Å². The minimum atomic E-state index is -6.09. The van der Waals surface area contributed by atoms with Gasteiger partial charge in [-0.2, -0.15) is 17.7 Å². The van der Waals surface area contributed by atoms with Crippen LogP contribution in [-0.4, -0.2) is 18.5 Å². The second-order valence-corrected chi connectivity index (χ2v) is 5.23. The van der Waals surface area contributed by atoms with Gasteiger partial charge in [-0.1, -0.05) is 6.08 Å². The zero-order valence-corrected chi connectivity index (χ0v) is 10.8. The first-order chi connectivity index (χ1) is 8.63. The smallest absolute Gasteiger partial charge is 0.485 e. The summed E-state index contributed by atoms with van der Waals surface area (Å²) in [5, 5.41) is 0. The third-order valence-corrected chi connectivity index (χ3v) is 3.02. The van der Waals surface area contributed by atoms with E-state index in [0.717, 1.165) is 6.54 Å². The Kier molecular flexibility index (Phi) is 4.70. The second-order valence-electron chi connectivity index (χ2n) is 3.85. The molecule has 0 spiro atoms. The first kappa shape index (κ1) is 15.6. The van der Waals surface area contributed by atoms with Crippen LogP contribution in [0.2, 0.25) is 0 Å². The van der Waals surface area contributed by atoms with Crippen molar-refractivity contribution in [3.05, 3.63) is 36.2 Å². The molecule has 0 saturated carbocycles. The molecule has 106 valence electrons. The van der Waals surface area contributed by atoms with Crippen molar-refractivity contribution in [2.75, 3.05) is 0 Å². The average Bonchev–Trinajstić information content (AvgIpc) is 2.28. The van der Waals surface area contributed by atoms with Crippen molar-refractivity contribution in [1.29, 1.82) is 0 Å². The van der Waals surface area contributed by atoms with Gasteiger partial charge in [-0.3, -0.25) is 0 Å². The molecule has 0 unspecified atom stereocenters. The van der Waals surface area contributed by atoms with Crippen LogP contribution in [0.3, 0.4) is 0 Å². The number of pyridine rings is 1. The highest BCUT2D eigenvalue weighted by atomic mass is 32.2. The van der Waals surface area contributed by atoms with Crippen molar-refractivity contribution >= 4 is 15.7 Å². The monoisotopic (exact) mass is 295 g/mol. The van der Waals surface area contributed by atoms with E-state index in [1.54, 1.807) is 0 Å². The molecule has 1 aromatic heterocycles. The topological polar surface area (TPSA) is 61.1 Å². The maximum absolute atomic E-state index is 10.7. The number of alkyl halides is 3. The van der Waals surface area contributed by atoms with Gasteiger partial charge in [-0.25, -0.2) is 8.42 Å². The quantitative estimate of drug-likeness (QED) is 0.417. The minimum Gasteiger partial charge on any atom is -0.741 e. The Morgan fingerprint density at radius 2 is 1.89 bits per heavy atom. The Morgan fingerprint density at radius 1 is 1.32 bits per heavy atom. The molecule has 0 N–H and O–H groups in total. The van der Waals surface area contributed by atoms with Gasteiger partial charge in [-0.15, -0.1) is 0 Å². The summed E-state index contributed by atoms with van der Waals surface area (Å²) in [6, 6.07) is 6.35. The lowest BCUT2D eigenvalue weighted by Gasteiger charge is -2.08. The summed E-state index contributed by atoms with van der Waals surface area (Å²) in [4.78, 5) is 0. The van der Waals surface area contributed by atoms with Crippen LogP contribution in [0, 0.1) is 0 Å². The lowest BCUT2D eigenvalue weighted by atomic mass is 10.1. The molecule has 1 aliphatic heterocycles. The number of allylic oxidation sites excluding steroid dienone is 2. The molecule has 0 amide bonds. The lowest BCUT2D eigenvalue weighted by molar-refractivity contribution is -0.699. The van der Waals surface area contributed by atoms with Crippen molar-refractivity contribution in [2.45, 2.75) is 25.4 Å². The molecule has 19 heavy (non-hydrogen) atoms. The van der Waals surface area contributed by atoms with E-state index in [0.29, 0.717) is 0 Å². The predicted octanol–water partition coefficient (Wildman–Crippen LogP) is 1.83. The molecule has 2 heterocycles. The normalized spacial score (nSPS) is 14.9. The molecular weight excluding hydrogens is 283 g/mol. The molecule has 0 fully saturated rings. The van der Waals surface area contributed by atoms with E-state index < -0.39 is 15.6 Å². The Labute approximate surface area is 108 Å². The van der Waals surface area contributed by atoms with Crippen LogP contribution >= 0.6 is 0 Å². The Balaban J connectivity index is 0.000000203. The van der Waals surface area contributed by atoms with E-state index in [-0.39, 0.29) is 0 Å². The lowest BCUT2D eigenvalue weighted by Crippen LogP contribution is -2.38. The fourth-order valence-corrected chi connectivity index (χ4v) is 1.55. The maximum atomic E-state index is 10.7. The molecule has 2 rings (SSSR count). The van der Waals surface area contributed by atoms with Crippen LogP contribution in [0.5, 0.6) is 0 Å². The van der Waals surface area contributed by atoms with Crippen LogP contribution in [0.1, 0.15) is 19.0 Å². The van der Waals surface area contributed by atoms with E-state index in [4.69, 9.17) is 13.0 Å². The largest absolute Gasteiger partial charge is 0.741 e. The highest BCUT2D eigenvalue weighted by molar-refractivity contribution is 7.86. The number of hydrogen-bond donors (Lipinski definition) is 0. The van der Waals surface area contributed by atoms with Crippen LogP contribution in [0.25, 0.3) is 5.57 Å². The van der Waals surface area contributed by atoms with Crippen molar-refractivity contribution < 1.29 is 30.7 Å². The number of aryl methyl sites for hydroxylation is 1. The second kappa shape index (κ2) is 5.70. The molecule has 0 bridgehead atoms. The average molecular weight is 295 g/mol. The van der Waals surface area contributed by atoms with Gasteiger partial charge in [0.15, 0.2) is 22.9 Å². The van der Waals surface area contributed by atoms with E-state index >= 15 is 0 Å². The zero-order chi connectivity index (χ0) is 14.7. The standard InChI is InChI=1S/C10H12N.CHF3O3S/c1-9-5-4-8-11-7-3-2-6-10(9)11;2-1(3,4)8(5,6)7/h2-3,5-7H,4,8H2,1H3;(H,5,6,7)/q+1;/p-1. The van der Waals surface area contributed by atoms with Crippen molar-refractivity contribution in [3.8, 4) is 0 Å². The van der Waals surface area contributed by atoms with Gasteiger partial charge in [0.1, 0.15) is 0 Å². The molecule has 1 aromatic rings. The summed E-state index contributed by atoms with van der Waals surface area (Å²) in [7, 11) is -6.09. The van der Waals surface area contributed by atoms with Crippen LogP contribution in [-0.2, 0) is 16.7 Å². The zero-order valence-electron chi connectivity index (χ0n) is 10.0. The van der Waals surface area contributed by atoms with Crippen molar-refractivity contribution in [1.82, 2.24) is 0 Å². The fraction of sp³-hybridized carbons (Fsp3) is 0.364. The van der Waals surface area contributed by atoms with Gasteiger partial charge in [0.05, 0.1) is 0 Å². The maximum Gasteiger partial charge on any atom is 0.485 e. The molecule has 4 nitrogen and oxygen atoms in total. The van der Waals surface area contributed by atoms with Gasteiger partial charge in [0.2, 0.25) is 5.69 Å². The van der Waals surface area contributed by atoms with Gasteiger partial charge in [0, 0.05) is 24.1 Å². The van der Waals surface area contributed by atoms with Gasteiger partial charge < -0.3 is 4.55 Å². The predicted molar refractivity (Wildman–Crippen MR) is 60.7 cm³/mol. The number of halogens is 3.